The van der Waals surface area contributed by atoms with Crippen LogP contribution >= 0.6 is 22.6 Å². The van der Waals surface area contributed by atoms with E-state index in [2.05, 4.69) is 0 Å². The van der Waals surface area contributed by atoms with E-state index in [1.54, 1.807) is 18.7 Å². The molecular weight excluding hydrogens is 681 g/mol. The number of benzene rings is 2. The van der Waals surface area contributed by atoms with Crippen LogP contribution in [-0.2, 0) is 34.8 Å². The minimum atomic E-state index is -5.03. The number of rotatable bonds is 7. The molecule has 232 valence electrons. The van der Waals surface area contributed by atoms with E-state index in [1.807, 2.05) is 59.8 Å². The van der Waals surface area contributed by atoms with Gasteiger partial charge in [0.2, 0.25) is 0 Å². The number of halogens is 7. The van der Waals surface area contributed by atoms with Crippen LogP contribution in [0.3, 0.4) is 0 Å². The molecule has 0 unspecified atom stereocenters. The summed E-state index contributed by atoms with van der Waals surface area (Å²) in [4.78, 5) is 29.2. The zero-order chi connectivity index (χ0) is 31.5. The second-order valence-electron chi connectivity index (χ2n) is 10.7. The largest absolute Gasteiger partial charge is 0.453 e. The number of hydrogen-bond donors (Lipinski definition) is 0. The molecule has 0 spiro atoms. The smallest absolute Gasteiger partial charge is 0.416 e. The van der Waals surface area contributed by atoms with Gasteiger partial charge in [0, 0.05) is 24.7 Å². The Kier molecular flexibility index (Phi) is 10.7. The molecule has 42 heavy (non-hydrogen) atoms. The monoisotopic (exact) mass is 714 g/mol. The van der Waals surface area contributed by atoms with Gasteiger partial charge in [-0.1, -0.05) is 37.3 Å². The molecule has 0 aliphatic carbocycles. The number of ether oxygens (including phenoxy) is 2. The molecule has 3 atom stereocenters. The molecule has 0 aromatic heterocycles. The second-order valence-corrected chi connectivity index (χ2v) is 13.3. The van der Waals surface area contributed by atoms with Crippen LogP contribution in [0.25, 0.3) is 0 Å². The molecule has 0 bridgehead atoms. The summed E-state index contributed by atoms with van der Waals surface area (Å²) < 4.78 is 90.9. The third-order valence-electron chi connectivity index (χ3n) is 7.05. The summed E-state index contributed by atoms with van der Waals surface area (Å²) in [5, 5.41) is 0. The molecule has 1 aliphatic heterocycles. The van der Waals surface area contributed by atoms with Crippen molar-refractivity contribution in [2.45, 2.75) is 87.1 Å². The number of amides is 2. The average Bonchev–Trinajstić information content (AvgIpc) is 2.89. The minimum Gasteiger partial charge on any atom is -0.453 e. The molecule has 2 aromatic carbocycles. The van der Waals surface area contributed by atoms with Crippen molar-refractivity contribution in [1.29, 1.82) is 0 Å². The first-order valence-corrected chi connectivity index (χ1v) is 14.4. The molecular formula is C29H33F6IN2O4. The lowest BCUT2D eigenvalue weighted by molar-refractivity contribution is -0.143. The quantitative estimate of drug-likeness (QED) is 0.164. The van der Waals surface area contributed by atoms with Crippen LogP contribution in [0, 0.1) is 0 Å². The fraction of sp³-hybridized carbons (Fsp3) is 0.517. The minimum absolute atomic E-state index is 0.0493. The van der Waals surface area contributed by atoms with Crippen LogP contribution in [-0.4, -0.2) is 50.8 Å². The van der Waals surface area contributed by atoms with Gasteiger partial charge in [0.1, 0.15) is 0 Å². The Balaban J connectivity index is 2.03. The highest BCUT2D eigenvalue weighted by Crippen LogP contribution is 2.38. The van der Waals surface area contributed by atoms with Gasteiger partial charge in [0.05, 0.1) is 18.2 Å². The van der Waals surface area contributed by atoms with E-state index in [4.69, 9.17) is 9.47 Å². The second kappa shape index (κ2) is 13.3. The van der Waals surface area contributed by atoms with Crippen LogP contribution in [0.5, 0.6) is 0 Å². The van der Waals surface area contributed by atoms with Crippen molar-refractivity contribution >= 4 is 34.8 Å². The Hall–Kier alpha value is -2.71. The molecule has 0 N–H and O–H groups in total. The van der Waals surface area contributed by atoms with Crippen LogP contribution in [0.15, 0.2) is 48.5 Å². The molecule has 1 aliphatic rings. The van der Waals surface area contributed by atoms with Crippen LogP contribution < -0.4 is 0 Å². The summed E-state index contributed by atoms with van der Waals surface area (Å²) in [6, 6.07) is 9.00. The van der Waals surface area contributed by atoms with Crippen molar-refractivity contribution in [1.82, 2.24) is 9.80 Å². The van der Waals surface area contributed by atoms with Gasteiger partial charge in [-0.2, -0.15) is 26.3 Å². The average molecular weight is 714 g/mol. The molecule has 3 rings (SSSR count). The van der Waals surface area contributed by atoms with Gasteiger partial charge in [-0.05, 0) is 91.4 Å². The number of nitrogens with zero attached hydrogens (tertiary/aromatic N) is 2. The Bertz CT molecular complexity index is 1200. The van der Waals surface area contributed by atoms with Crippen molar-refractivity contribution in [2.24, 2.45) is 0 Å². The Morgan fingerprint density at radius 1 is 0.929 bits per heavy atom. The molecule has 6 nitrogen and oxygen atoms in total. The summed E-state index contributed by atoms with van der Waals surface area (Å²) >= 11 is 2.00. The van der Waals surface area contributed by atoms with Gasteiger partial charge in [-0.15, -0.1) is 0 Å². The third kappa shape index (κ3) is 8.90. The van der Waals surface area contributed by atoms with E-state index in [1.165, 1.54) is 0 Å². The van der Waals surface area contributed by atoms with Crippen molar-refractivity contribution < 1.29 is 45.4 Å². The van der Waals surface area contributed by atoms with Gasteiger partial charge < -0.3 is 19.3 Å². The van der Waals surface area contributed by atoms with Crippen molar-refractivity contribution in [2.75, 3.05) is 7.11 Å². The molecule has 13 heteroatoms. The highest BCUT2D eigenvalue weighted by molar-refractivity contribution is 14.1. The number of carbonyl (C=O) groups excluding carboxylic acids is 2. The van der Waals surface area contributed by atoms with Crippen LogP contribution in [0.2, 0.25) is 0 Å². The molecule has 2 aromatic rings. The summed E-state index contributed by atoms with van der Waals surface area (Å²) in [6.45, 7) is 4.76. The number of piperidine rings is 1. The first kappa shape index (κ1) is 33.8. The first-order valence-electron chi connectivity index (χ1n) is 13.3. The van der Waals surface area contributed by atoms with Gasteiger partial charge in [-0.25, -0.2) is 9.59 Å². The fourth-order valence-corrected chi connectivity index (χ4v) is 5.45. The maximum absolute atomic E-state index is 13.5. The zero-order valence-electron chi connectivity index (χ0n) is 23.6. The molecule has 1 heterocycles. The normalized spacial score (nSPS) is 19.8. The highest BCUT2D eigenvalue weighted by Gasteiger charge is 2.43. The van der Waals surface area contributed by atoms with Gasteiger partial charge >= 0.3 is 24.5 Å². The van der Waals surface area contributed by atoms with Gasteiger partial charge in [0.25, 0.3) is 0 Å². The van der Waals surface area contributed by atoms with Crippen molar-refractivity contribution in [3.8, 4) is 0 Å². The summed E-state index contributed by atoms with van der Waals surface area (Å²) in [7, 11) is 1.09. The van der Waals surface area contributed by atoms with Crippen molar-refractivity contribution in [3.05, 3.63) is 70.8 Å². The lowest BCUT2D eigenvalue weighted by Crippen LogP contribution is -2.58. The van der Waals surface area contributed by atoms with E-state index >= 15 is 0 Å². The fourth-order valence-electron chi connectivity index (χ4n) is 5.26. The van der Waals surface area contributed by atoms with E-state index in [0.29, 0.717) is 25.0 Å². The first-order chi connectivity index (χ1) is 19.4. The molecule has 2 amide bonds. The predicted octanol–water partition coefficient (Wildman–Crippen LogP) is 8.45. The molecule has 0 radical (unpaired) electrons. The SMILES string of the molecule is CC[C@@H]1C[C@H](N(Cc2cc(C(F)(F)F)cc(C(F)(F)F)c2)C(=O)OC)C[C@H](Cc2ccccc2)N1C(=O)OC(C)(C)I. The summed E-state index contributed by atoms with van der Waals surface area (Å²) in [5.41, 5.74) is -2.38. The van der Waals surface area contributed by atoms with Crippen LogP contribution in [0.1, 0.15) is 62.3 Å². The van der Waals surface area contributed by atoms with Crippen LogP contribution in [0.4, 0.5) is 35.9 Å². The number of likely N-dealkylation sites (tertiary alicyclic amines) is 1. The predicted molar refractivity (Wildman–Crippen MR) is 152 cm³/mol. The summed E-state index contributed by atoms with van der Waals surface area (Å²) in [5.74, 6) is 0. The third-order valence-corrected chi connectivity index (χ3v) is 7.27. The summed E-state index contributed by atoms with van der Waals surface area (Å²) in [6.07, 6.45) is -10.2. The number of methoxy groups -OCH3 is 1. The highest BCUT2D eigenvalue weighted by atomic mass is 127. The number of carbonyl (C=O) groups is 2. The molecule has 1 saturated heterocycles. The lowest BCUT2D eigenvalue weighted by Gasteiger charge is -2.47. The maximum atomic E-state index is 13.5. The number of alkyl halides is 7. The lowest BCUT2D eigenvalue weighted by atomic mass is 9.86. The number of hydrogen-bond acceptors (Lipinski definition) is 4. The van der Waals surface area contributed by atoms with Crippen molar-refractivity contribution in [3.63, 3.8) is 0 Å². The topological polar surface area (TPSA) is 59.1 Å². The molecule has 0 saturated carbocycles. The molecule has 1 fully saturated rings. The zero-order valence-corrected chi connectivity index (χ0v) is 25.7. The van der Waals surface area contributed by atoms with Gasteiger partial charge in [-0.3, -0.25) is 0 Å². The van der Waals surface area contributed by atoms with E-state index < -0.39 is 63.9 Å². The standard InChI is InChI=1S/C29H33F6IN2O4/c1-5-22-15-23(16-24(13-18-9-7-6-8-10-18)38(22)26(40)42-27(2,3)36)37(25(39)41-4)17-19-11-20(28(30,31)32)14-21(12-19)29(33,34)35/h6-12,14,22-24H,5,13,15-17H2,1-4H3/t22-,23+,24+/m1/s1. The Labute approximate surface area is 254 Å². The van der Waals surface area contributed by atoms with E-state index in [0.717, 1.165) is 17.6 Å². The van der Waals surface area contributed by atoms with E-state index in [9.17, 15) is 35.9 Å². The maximum Gasteiger partial charge on any atom is 0.416 e. The Morgan fingerprint density at radius 3 is 1.95 bits per heavy atom. The van der Waals surface area contributed by atoms with Gasteiger partial charge in [0.15, 0.2) is 3.61 Å². The Morgan fingerprint density at radius 2 is 1.48 bits per heavy atom. The van der Waals surface area contributed by atoms with E-state index in [-0.39, 0.29) is 24.5 Å².